The van der Waals surface area contributed by atoms with E-state index in [-0.39, 0.29) is 18.2 Å². The molecule has 0 aliphatic carbocycles. The number of nitrogens with zero attached hydrogens (tertiary/aromatic N) is 4. The van der Waals surface area contributed by atoms with E-state index in [1.165, 1.54) is 0 Å². The Morgan fingerprint density at radius 1 is 1.36 bits per heavy atom. The zero-order valence-corrected chi connectivity index (χ0v) is 14.7. The first kappa shape index (κ1) is 17.0. The van der Waals surface area contributed by atoms with Crippen molar-refractivity contribution >= 4 is 17.5 Å². The van der Waals surface area contributed by atoms with Crippen LogP contribution in [-0.4, -0.2) is 46.2 Å². The number of rotatable bonds is 5. The summed E-state index contributed by atoms with van der Waals surface area (Å²) in [5.41, 5.74) is 1.69. The third-order valence-electron chi connectivity index (χ3n) is 4.23. The molecule has 1 aromatic heterocycles. The van der Waals surface area contributed by atoms with Crippen LogP contribution in [0.15, 0.2) is 36.7 Å². The second-order valence-electron chi connectivity index (χ2n) is 6.24. The number of ether oxygens (including phenoxy) is 1. The number of carbonyl (C=O) groups is 2. The molecule has 1 aromatic carbocycles. The maximum absolute atomic E-state index is 12.4. The Bertz CT molecular complexity index is 786. The van der Waals surface area contributed by atoms with Crippen LogP contribution in [0.5, 0.6) is 5.75 Å². The third-order valence-corrected chi connectivity index (χ3v) is 4.23. The summed E-state index contributed by atoms with van der Waals surface area (Å²) in [5.74, 6) is 0.528. The molecule has 2 heterocycles. The van der Waals surface area contributed by atoms with E-state index in [0.717, 1.165) is 5.56 Å². The Labute approximate surface area is 146 Å². The Hall–Kier alpha value is -2.83. The highest BCUT2D eigenvalue weighted by molar-refractivity contribution is 6.00. The summed E-state index contributed by atoms with van der Waals surface area (Å²) in [4.78, 5) is 28.1. The molecule has 0 saturated carbocycles. The molecule has 0 radical (unpaired) electrons. The molecule has 1 unspecified atom stereocenters. The Balaban J connectivity index is 1.64. The van der Waals surface area contributed by atoms with Crippen molar-refractivity contribution in [2.45, 2.75) is 26.0 Å². The molecule has 7 heteroatoms. The van der Waals surface area contributed by atoms with E-state index in [1.807, 2.05) is 37.5 Å². The van der Waals surface area contributed by atoms with Crippen molar-refractivity contribution in [2.75, 3.05) is 18.5 Å². The van der Waals surface area contributed by atoms with Gasteiger partial charge in [0.15, 0.2) is 6.10 Å². The average Bonchev–Trinajstić information content (AvgIpc) is 3.00. The first-order valence-corrected chi connectivity index (χ1v) is 8.24. The van der Waals surface area contributed by atoms with Crippen LogP contribution in [0.25, 0.3) is 0 Å². The fourth-order valence-electron chi connectivity index (χ4n) is 2.90. The zero-order valence-electron chi connectivity index (χ0n) is 14.7. The van der Waals surface area contributed by atoms with E-state index in [0.29, 0.717) is 24.5 Å². The van der Waals surface area contributed by atoms with Crippen molar-refractivity contribution in [1.82, 2.24) is 14.7 Å². The third kappa shape index (κ3) is 3.65. The topological polar surface area (TPSA) is 67.7 Å². The molecular formula is C18H22N4O3. The molecule has 25 heavy (non-hydrogen) atoms. The van der Waals surface area contributed by atoms with Crippen molar-refractivity contribution < 1.29 is 14.3 Å². The molecule has 2 amide bonds. The average molecular weight is 342 g/mol. The number of anilines is 1. The number of fused-ring (bicyclic) bond motifs is 1. The lowest BCUT2D eigenvalue weighted by Crippen LogP contribution is -2.45. The molecule has 132 valence electrons. The van der Waals surface area contributed by atoms with Gasteiger partial charge in [0, 0.05) is 45.4 Å². The van der Waals surface area contributed by atoms with Gasteiger partial charge in [0.05, 0.1) is 11.9 Å². The molecule has 1 aliphatic heterocycles. The molecule has 0 N–H and O–H groups in total. The van der Waals surface area contributed by atoms with Gasteiger partial charge < -0.3 is 14.5 Å². The molecule has 1 aliphatic rings. The van der Waals surface area contributed by atoms with Gasteiger partial charge in [-0.25, -0.2) is 0 Å². The molecule has 2 aromatic rings. The first-order valence-electron chi connectivity index (χ1n) is 8.24. The number of hydrogen-bond donors (Lipinski definition) is 0. The van der Waals surface area contributed by atoms with Crippen LogP contribution in [0.1, 0.15) is 18.9 Å². The number of carbonyl (C=O) groups excluding carboxylic acids is 2. The van der Waals surface area contributed by atoms with E-state index in [1.54, 1.807) is 34.6 Å². The minimum absolute atomic E-state index is 0.0201. The highest BCUT2D eigenvalue weighted by Crippen LogP contribution is 2.33. The number of aromatic nitrogens is 2. The van der Waals surface area contributed by atoms with Crippen LogP contribution in [0, 0.1) is 0 Å². The highest BCUT2D eigenvalue weighted by atomic mass is 16.5. The molecule has 0 spiro atoms. The number of benzene rings is 1. The molecule has 0 bridgehead atoms. The van der Waals surface area contributed by atoms with Crippen LogP contribution in [-0.2, 0) is 23.2 Å². The van der Waals surface area contributed by atoms with Crippen LogP contribution in [0.3, 0.4) is 0 Å². The first-order chi connectivity index (χ1) is 12.0. The second-order valence-corrected chi connectivity index (χ2v) is 6.24. The minimum atomic E-state index is -0.543. The van der Waals surface area contributed by atoms with E-state index < -0.39 is 6.10 Å². The van der Waals surface area contributed by atoms with Crippen molar-refractivity contribution in [3.8, 4) is 5.75 Å². The Morgan fingerprint density at radius 2 is 2.12 bits per heavy atom. The Morgan fingerprint density at radius 3 is 2.84 bits per heavy atom. The predicted octanol–water partition coefficient (Wildman–Crippen LogP) is 1.58. The van der Waals surface area contributed by atoms with Crippen LogP contribution in [0.4, 0.5) is 5.69 Å². The van der Waals surface area contributed by atoms with Crippen molar-refractivity contribution in [1.29, 1.82) is 0 Å². The summed E-state index contributed by atoms with van der Waals surface area (Å²) in [6, 6.07) is 7.39. The fraction of sp³-hybridized carbons (Fsp3) is 0.389. The molecular weight excluding hydrogens is 320 g/mol. The number of amides is 2. The number of hydrogen-bond acceptors (Lipinski definition) is 4. The molecule has 0 saturated heterocycles. The number of aryl methyl sites for hydroxylation is 1. The maximum Gasteiger partial charge on any atom is 0.267 e. The second kappa shape index (κ2) is 6.96. The summed E-state index contributed by atoms with van der Waals surface area (Å²) < 4.78 is 7.32. The SMILES string of the molecule is CC1Oc2ccccc2N(CCC(=O)N(C)Cc2cnn(C)c2)C1=O. The summed E-state index contributed by atoms with van der Waals surface area (Å²) in [6.45, 7) is 2.55. The minimum Gasteiger partial charge on any atom is -0.479 e. The van der Waals surface area contributed by atoms with Crippen molar-refractivity contribution in [3.63, 3.8) is 0 Å². The van der Waals surface area contributed by atoms with E-state index in [9.17, 15) is 9.59 Å². The van der Waals surface area contributed by atoms with Crippen LogP contribution in [0.2, 0.25) is 0 Å². The fourth-order valence-corrected chi connectivity index (χ4v) is 2.90. The molecule has 1 atom stereocenters. The van der Waals surface area contributed by atoms with Gasteiger partial charge in [-0.15, -0.1) is 0 Å². The lowest BCUT2D eigenvalue weighted by atomic mass is 10.1. The van der Waals surface area contributed by atoms with Gasteiger partial charge in [-0.2, -0.15) is 5.10 Å². The molecule has 7 nitrogen and oxygen atoms in total. The van der Waals surface area contributed by atoms with E-state index >= 15 is 0 Å². The zero-order chi connectivity index (χ0) is 18.0. The summed E-state index contributed by atoms with van der Waals surface area (Å²) >= 11 is 0. The van der Waals surface area contributed by atoms with Crippen molar-refractivity contribution in [2.24, 2.45) is 7.05 Å². The van der Waals surface area contributed by atoms with Crippen molar-refractivity contribution in [3.05, 3.63) is 42.2 Å². The van der Waals surface area contributed by atoms with Gasteiger partial charge in [0.2, 0.25) is 5.91 Å². The maximum atomic E-state index is 12.4. The lowest BCUT2D eigenvalue weighted by molar-refractivity contribution is -0.130. The smallest absolute Gasteiger partial charge is 0.267 e. The quantitative estimate of drug-likeness (QED) is 0.827. The largest absolute Gasteiger partial charge is 0.479 e. The summed E-state index contributed by atoms with van der Waals surface area (Å²) in [5, 5.41) is 4.10. The van der Waals surface area contributed by atoms with Gasteiger partial charge in [-0.3, -0.25) is 14.3 Å². The normalized spacial score (nSPS) is 16.4. The van der Waals surface area contributed by atoms with E-state index in [2.05, 4.69) is 5.10 Å². The number of para-hydroxylation sites is 2. The molecule has 0 fully saturated rings. The van der Waals surface area contributed by atoms with Crippen LogP contribution >= 0.6 is 0 Å². The summed E-state index contributed by atoms with van der Waals surface area (Å²) in [7, 11) is 3.60. The van der Waals surface area contributed by atoms with Gasteiger partial charge in [-0.05, 0) is 19.1 Å². The van der Waals surface area contributed by atoms with Gasteiger partial charge in [0.25, 0.3) is 5.91 Å². The standard InChI is InChI=1S/C18H22N4O3/c1-13-18(24)22(15-6-4-5-7-16(15)25-13)9-8-17(23)20(2)11-14-10-19-21(3)12-14/h4-7,10,12-13H,8-9,11H2,1-3H3. The summed E-state index contributed by atoms with van der Waals surface area (Å²) in [6.07, 6.45) is 3.34. The molecule has 3 rings (SSSR count). The van der Waals surface area contributed by atoms with Gasteiger partial charge in [0.1, 0.15) is 5.75 Å². The van der Waals surface area contributed by atoms with Crippen LogP contribution < -0.4 is 9.64 Å². The predicted molar refractivity (Wildman–Crippen MR) is 93.2 cm³/mol. The Kier molecular flexibility index (Phi) is 4.74. The monoisotopic (exact) mass is 342 g/mol. The lowest BCUT2D eigenvalue weighted by Gasteiger charge is -2.33. The highest BCUT2D eigenvalue weighted by Gasteiger charge is 2.31. The van der Waals surface area contributed by atoms with E-state index in [4.69, 9.17) is 4.74 Å². The van der Waals surface area contributed by atoms with Gasteiger partial charge in [-0.1, -0.05) is 12.1 Å². The van der Waals surface area contributed by atoms with Gasteiger partial charge >= 0.3 is 0 Å².